The van der Waals surface area contributed by atoms with E-state index in [1.54, 1.807) is 0 Å². The van der Waals surface area contributed by atoms with Gasteiger partial charge in [-0.05, 0) is 39.2 Å². The molecule has 1 aliphatic carbocycles. The molecule has 0 spiro atoms. The number of ether oxygens (including phenoxy) is 1. The molecule has 0 radical (unpaired) electrons. The van der Waals surface area contributed by atoms with Crippen molar-refractivity contribution in [3.05, 3.63) is 0 Å². The van der Waals surface area contributed by atoms with Gasteiger partial charge in [-0.25, -0.2) is 8.42 Å². The van der Waals surface area contributed by atoms with E-state index in [2.05, 4.69) is 5.32 Å². The SMILES string of the molecule is CNC(CS(=O)(=O)C1CCOC1C)C1CCCCC1. The van der Waals surface area contributed by atoms with Gasteiger partial charge in [-0.2, -0.15) is 0 Å². The average molecular weight is 289 g/mol. The summed E-state index contributed by atoms with van der Waals surface area (Å²) in [5.41, 5.74) is 0. The molecule has 0 aromatic heterocycles. The Balaban J connectivity index is 2.00. The summed E-state index contributed by atoms with van der Waals surface area (Å²) in [6, 6.07) is 0.109. The van der Waals surface area contributed by atoms with Gasteiger partial charge >= 0.3 is 0 Å². The standard InChI is InChI=1S/C14H27NO3S/c1-11-14(8-9-18-11)19(16,17)10-13(15-2)12-6-4-3-5-7-12/h11-15H,3-10H2,1-2H3. The highest BCUT2D eigenvalue weighted by Gasteiger charge is 2.38. The van der Waals surface area contributed by atoms with E-state index in [0.29, 0.717) is 18.9 Å². The molecule has 2 aliphatic rings. The number of hydrogen-bond donors (Lipinski definition) is 1. The zero-order chi connectivity index (χ0) is 13.9. The molecule has 2 rings (SSSR count). The Morgan fingerprint density at radius 3 is 2.42 bits per heavy atom. The van der Waals surface area contributed by atoms with Gasteiger partial charge in [-0.3, -0.25) is 0 Å². The van der Waals surface area contributed by atoms with E-state index in [1.807, 2.05) is 14.0 Å². The summed E-state index contributed by atoms with van der Waals surface area (Å²) in [5.74, 6) is 0.790. The van der Waals surface area contributed by atoms with Crippen LogP contribution in [0.1, 0.15) is 45.4 Å². The van der Waals surface area contributed by atoms with Crippen LogP contribution in [0.3, 0.4) is 0 Å². The summed E-state index contributed by atoms with van der Waals surface area (Å²) in [4.78, 5) is 0. The normalized spacial score (nSPS) is 31.5. The largest absolute Gasteiger partial charge is 0.377 e. The molecule has 2 fully saturated rings. The van der Waals surface area contributed by atoms with Gasteiger partial charge in [0.2, 0.25) is 0 Å². The number of sulfone groups is 1. The zero-order valence-electron chi connectivity index (χ0n) is 12.1. The van der Waals surface area contributed by atoms with E-state index < -0.39 is 9.84 Å². The monoisotopic (exact) mass is 289 g/mol. The van der Waals surface area contributed by atoms with Crippen LogP contribution in [-0.2, 0) is 14.6 Å². The van der Waals surface area contributed by atoms with Gasteiger partial charge in [0, 0.05) is 12.6 Å². The highest BCUT2D eigenvalue weighted by atomic mass is 32.2. The Morgan fingerprint density at radius 2 is 1.89 bits per heavy atom. The van der Waals surface area contributed by atoms with Gasteiger partial charge in [-0.15, -0.1) is 0 Å². The predicted octanol–water partition coefficient (Wildman–Crippen LogP) is 1.75. The van der Waals surface area contributed by atoms with E-state index in [4.69, 9.17) is 4.74 Å². The first-order valence-corrected chi connectivity index (χ1v) is 9.26. The molecule has 1 heterocycles. The van der Waals surface area contributed by atoms with Crippen LogP contribution in [0.5, 0.6) is 0 Å². The van der Waals surface area contributed by atoms with Crippen molar-refractivity contribution in [1.29, 1.82) is 0 Å². The van der Waals surface area contributed by atoms with Crippen molar-refractivity contribution in [2.45, 2.75) is 62.8 Å². The summed E-state index contributed by atoms with van der Waals surface area (Å²) in [7, 11) is -1.17. The number of hydrogen-bond acceptors (Lipinski definition) is 4. The van der Waals surface area contributed by atoms with Gasteiger partial charge in [0.05, 0.1) is 17.1 Å². The Kier molecular flexibility index (Phi) is 5.26. The van der Waals surface area contributed by atoms with Crippen LogP contribution < -0.4 is 5.32 Å². The lowest BCUT2D eigenvalue weighted by Crippen LogP contribution is -2.44. The number of nitrogens with one attached hydrogen (secondary N) is 1. The van der Waals surface area contributed by atoms with Crippen molar-refractivity contribution in [3.8, 4) is 0 Å². The summed E-state index contributed by atoms with van der Waals surface area (Å²) in [6.07, 6.45) is 6.62. The van der Waals surface area contributed by atoms with Gasteiger partial charge in [0.25, 0.3) is 0 Å². The quantitative estimate of drug-likeness (QED) is 0.838. The topological polar surface area (TPSA) is 55.4 Å². The van der Waals surface area contributed by atoms with Crippen molar-refractivity contribution >= 4 is 9.84 Å². The fourth-order valence-corrected chi connectivity index (χ4v) is 5.85. The van der Waals surface area contributed by atoms with Crippen LogP contribution in [0.4, 0.5) is 0 Å². The van der Waals surface area contributed by atoms with Crippen LogP contribution in [0.25, 0.3) is 0 Å². The third-order valence-corrected chi connectivity index (χ3v) is 7.13. The maximum absolute atomic E-state index is 12.5. The van der Waals surface area contributed by atoms with Crippen molar-refractivity contribution in [2.75, 3.05) is 19.4 Å². The van der Waals surface area contributed by atoms with Gasteiger partial charge < -0.3 is 10.1 Å². The molecule has 4 nitrogen and oxygen atoms in total. The molecule has 0 amide bonds. The lowest BCUT2D eigenvalue weighted by Gasteiger charge is -2.30. The van der Waals surface area contributed by atoms with Crippen LogP contribution in [-0.4, -0.2) is 45.2 Å². The molecule has 5 heteroatoms. The fourth-order valence-electron chi connectivity index (χ4n) is 3.55. The van der Waals surface area contributed by atoms with Crippen LogP contribution in [0.2, 0.25) is 0 Å². The first kappa shape index (κ1) is 15.3. The molecule has 112 valence electrons. The Bertz CT molecular complexity index is 376. The molecule has 0 aromatic rings. The summed E-state index contributed by atoms with van der Waals surface area (Å²) in [6.45, 7) is 2.46. The first-order chi connectivity index (χ1) is 9.04. The molecular formula is C14H27NO3S. The van der Waals surface area contributed by atoms with E-state index >= 15 is 0 Å². The molecule has 1 aliphatic heterocycles. The molecule has 0 aromatic carbocycles. The maximum atomic E-state index is 12.5. The van der Waals surface area contributed by atoms with Crippen molar-refractivity contribution in [2.24, 2.45) is 5.92 Å². The minimum Gasteiger partial charge on any atom is -0.377 e. The van der Waals surface area contributed by atoms with E-state index in [0.717, 1.165) is 12.8 Å². The molecule has 19 heavy (non-hydrogen) atoms. The van der Waals surface area contributed by atoms with Gasteiger partial charge in [-0.1, -0.05) is 19.3 Å². The second-order valence-corrected chi connectivity index (χ2v) is 8.29. The lowest BCUT2D eigenvalue weighted by atomic mass is 9.84. The third-order valence-electron chi connectivity index (χ3n) is 4.77. The lowest BCUT2D eigenvalue weighted by molar-refractivity contribution is 0.126. The number of rotatable bonds is 5. The molecule has 3 unspecified atom stereocenters. The fraction of sp³-hybridized carbons (Fsp3) is 1.00. The Morgan fingerprint density at radius 1 is 1.21 bits per heavy atom. The summed E-state index contributed by atoms with van der Waals surface area (Å²) < 4.78 is 30.5. The molecule has 0 bridgehead atoms. The zero-order valence-corrected chi connectivity index (χ0v) is 12.9. The van der Waals surface area contributed by atoms with E-state index in [9.17, 15) is 8.42 Å². The first-order valence-electron chi connectivity index (χ1n) is 7.55. The molecular weight excluding hydrogens is 262 g/mol. The Hall–Kier alpha value is -0.130. The van der Waals surface area contributed by atoms with E-state index in [-0.39, 0.29) is 23.1 Å². The van der Waals surface area contributed by atoms with Crippen LogP contribution in [0.15, 0.2) is 0 Å². The Labute approximate surface area is 117 Å². The third kappa shape index (κ3) is 3.70. The van der Waals surface area contributed by atoms with Crippen LogP contribution >= 0.6 is 0 Å². The maximum Gasteiger partial charge on any atom is 0.157 e. The molecule has 1 N–H and O–H groups in total. The second-order valence-electron chi connectivity index (χ2n) is 6.03. The van der Waals surface area contributed by atoms with Gasteiger partial charge in [0.15, 0.2) is 9.84 Å². The smallest absolute Gasteiger partial charge is 0.157 e. The predicted molar refractivity (Wildman–Crippen MR) is 77.0 cm³/mol. The highest BCUT2D eigenvalue weighted by Crippen LogP contribution is 2.29. The second kappa shape index (κ2) is 6.55. The minimum atomic E-state index is -3.06. The van der Waals surface area contributed by atoms with Gasteiger partial charge in [0.1, 0.15) is 0 Å². The van der Waals surface area contributed by atoms with Crippen LogP contribution in [0, 0.1) is 5.92 Å². The molecule has 3 atom stereocenters. The molecule has 1 saturated carbocycles. The van der Waals surface area contributed by atoms with Crippen molar-refractivity contribution in [3.63, 3.8) is 0 Å². The van der Waals surface area contributed by atoms with E-state index in [1.165, 1.54) is 19.3 Å². The summed E-state index contributed by atoms with van der Waals surface area (Å²) in [5, 5.41) is 2.95. The van der Waals surface area contributed by atoms with Crippen molar-refractivity contribution < 1.29 is 13.2 Å². The molecule has 1 saturated heterocycles. The average Bonchev–Trinajstić information content (AvgIpc) is 2.84. The highest BCUT2D eigenvalue weighted by molar-refractivity contribution is 7.92. The van der Waals surface area contributed by atoms with Crippen molar-refractivity contribution in [1.82, 2.24) is 5.32 Å². The summed E-state index contributed by atoms with van der Waals surface area (Å²) >= 11 is 0. The minimum absolute atomic E-state index is 0.109.